The lowest BCUT2D eigenvalue weighted by molar-refractivity contribution is -0.0604. The van der Waals surface area contributed by atoms with Crippen molar-refractivity contribution in [2.75, 3.05) is 6.61 Å². The molecule has 23 heavy (non-hydrogen) atoms. The van der Waals surface area contributed by atoms with Crippen LogP contribution in [-0.4, -0.2) is 6.61 Å². The molecule has 1 aromatic carbocycles. The highest BCUT2D eigenvalue weighted by Crippen LogP contribution is 2.37. The summed E-state index contributed by atoms with van der Waals surface area (Å²) in [5, 5.41) is 0. The Morgan fingerprint density at radius 3 is 1.87 bits per heavy atom. The van der Waals surface area contributed by atoms with Crippen molar-refractivity contribution < 1.29 is 4.74 Å². The molecule has 0 fully saturated rings. The van der Waals surface area contributed by atoms with E-state index in [0.29, 0.717) is 0 Å². The van der Waals surface area contributed by atoms with Crippen molar-refractivity contribution in [3.63, 3.8) is 0 Å². The SMILES string of the molecule is CCCCCCCCCC(CCCC)(OCC)c1ccccc1. The Morgan fingerprint density at radius 2 is 1.26 bits per heavy atom. The predicted molar refractivity (Wildman–Crippen MR) is 102 cm³/mol. The number of hydrogen-bond donors (Lipinski definition) is 0. The van der Waals surface area contributed by atoms with Crippen LogP contribution in [0.25, 0.3) is 0 Å². The lowest BCUT2D eigenvalue weighted by atomic mass is 9.83. The van der Waals surface area contributed by atoms with E-state index in [2.05, 4.69) is 51.1 Å². The molecular weight excluding hydrogens is 280 g/mol. The molecular formula is C22H38O. The van der Waals surface area contributed by atoms with Gasteiger partial charge in [0.25, 0.3) is 0 Å². The minimum atomic E-state index is -0.0601. The summed E-state index contributed by atoms with van der Waals surface area (Å²) in [6.07, 6.45) is 14.3. The van der Waals surface area contributed by atoms with E-state index < -0.39 is 0 Å². The molecule has 0 aliphatic carbocycles. The average Bonchev–Trinajstić information content (AvgIpc) is 2.59. The Kier molecular flexibility index (Phi) is 11.1. The van der Waals surface area contributed by atoms with E-state index in [1.165, 1.54) is 69.8 Å². The highest BCUT2D eigenvalue weighted by Gasteiger charge is 2.31. The molecule has 0 aliphatic heterocycles. The molecule has 0 aliphatic rings. The summed E-state index contributed by atoms with van der Waals surface area (Å²) in [5.74, 6) is 0. The second kappa shape index (κ2) is 12.6. The van der Waals surface area contributed by atoms with E-state index in [1.54, 1.807) is 0 Å². The first-order valence-electron chi connectivity index (χ1n) is 9.98. The first-order chi connectivity index (χ1) is 11.3. The quantitative estimate of drug-likeness (QED) is 0.328. The van der Waals surface area contributed by atoms with Crippen molar-refractivity contribution >= 4 is 0 Å². The van der Waals surface area contributed by atoms with E-state index in [4.69, 9.17) is 4.74 Å². The maximum Gasteiger partial charge on any atom is 0.0931 e. The molecule has 0 bridgehead atoms. The molecule has 1 rings (SSSR count). The van der Waals surface area contributed by atoms with Gasteiger partial charge in [0.2, 0.25) is 0 Å². The summed E-state index contributed by atoms with van der Waals surface area (Å²) < 4.78 is 6.36. The van der Waals surface area contributed by atoms with E-state index in [1.807, 2.05) is 0 Å². The molecule has 1 atom stereocenters. The fourth-order valence-corrected chi connectivity index (χ4v) is 3.49. The molecule has 0 saturated heterocycles. The van der Waals surface area contributed by atoms with Gasteiger partial charge >= 0.3 is 0 Å². The summed E-state index contributed by atoms with van der Waals surface area (Å²) in [4.78, 5) is 0. The number of rotatable bonds is 14. The van der Waals surface area contributed by atoms with Gasteiger partial charge in [0.1, 0.15) is 0 Å². The van der Waals surface area contributed by atoms with Crippen molar-refractivity contribution in [1.82, 2.24) is 0 Å². The smallest absolute Gasteiger partial charge is 0.0931 e. The minimum absolute atomic E-state index is 0.0601. The van der Waals surface area contributed by atoms with E-state index in [0.717, 1.165) is 13.0 Å². The molecule has 0 spiro atoms. The standard InChI is InChI=1S/C22H38O/c1-4-7-9-10-11-12-16-20-22(23-6-3,19-8-5-2)21-17-14-13-15-18-21/h13-15,17-18H,4-12,16,19-20H2,1-3H3. The summed E-state index contributed by atoms with van der Waals surface area (Å²) in [6, 6.07) is 10.9. The van der Waals surface area contributed by atoms with Crippen molar-refractivity contribution in [2.24, 2.45) is 0 Å². The van der Waals surface area contributed by atoms with Crippen molar-refractivity contribution in [2.45, 2.75) is 97.0 Å². The van der Waals surface area contributed by atoms with E-state index in [9.17, 15) is 0 Å². The van der Waals surface area contributed by atoms with Gasteiger partial charge < -0.3 is 4.74 Å². The molecule has 1 nitrogen and oxygen atoms in total. The average molecular weight is 319 g/mol. The topological polar surface area (TPSA) is 9.23 Å². The lowest BCUT2D eigenvalue weighted by Gasteiger charge is -2.35. The van der Waals surface area contributed by atoms with Gasteiger partial charge in [-0.25, -0.2) is 0 Å². The number of benzene rings is 1. The second-order valence-electron chi connectivity index (χ2n) is 6.77. The van der Waals surface area contributed by atoms with Gasteiger partial charge in [-0.1, -0.05) is 102 Å². The normalized spacial score (nSPS) is 13.9. The number of unbranched alkanes of at least 4 members (excludes halogenated alkanes) is 7. The van der Waals surface area contributed by atoms with Crippen molar-refractivity contribution in [3.05, 3.63) is 35.9 Å². The van der Waals surface area contributed by atoms with Gasteiger partial charge in [-0.2, -0.15) is 0 Å². The van der Waals surface area contributed by atoms with Crippen LogP contribution < -0.4 is 0 Å². The maximum atomic E-state index is 6.36. The Morgan fingerprint density at radius 1 is 0.696 bits per heavy atom. The summed E-state index contributed by atoms with van der Waals surface area (Å²) in [7, 11) is 0. The number of hydrogen-bond acceptors (Lipinski definition) is 1. The highest BCUT2D eigenvalue weighted by molar-refractivity contribution is 5.22. The number of ether oxygens (including phenoxy) is 1. The molecule has 1 unspecified atom stereocenters. The zero-order valence-corrected chi connectivity index (χ0v) is 15.8. The molecule has 0 amide bonds. The van der Waals surface area contributed by atoms with Gasteiger partial charge in [-0.15, -0.1) is 0 Å². The monoisotopic (exact) mass is 318 g/mol. The molecule has 0 N–H and O–H groups in total. The Bertz CT molecular complexity index is 373. The Labute approximate surface area is 144 Å². The fourth-order valence-electron chi connectivity index (χ4n) is 3.49. The maximum absolute atomic E-state index is 6.36. The zero-order chi connectivity index (χ0) is 16.8. The summed E-state index contributed by atoms with van der Waals surface area (Å²) in [6.45, 7) is 7.49. The highest BCUT2D eigenvalue weighted by atomic mass is 16.5. The third-order valence-corrected chi connectivity index (χ3v) is 4.84. The van der Waals surface area contributed by atoms with Crippen molar-refractivity contribution in [1.29, 1.82) is 0 Å². The largest absolute Gasteiger partial charge is 0.371 e. The fraction of sp³-hybridized carbons (Fsp3) is 0.727. The lowest BCUT2D eigenvalue weighted by Crippen LogP contribution is -2.30. The third kappa shape index (κ3) is 7.52. The molecule has 0 aromatic heterocycles. The van der Waals surface area contributed by atoms with Crippen LogP contribution in [-0.2, 0) is 10.3 Å². The summed E-state index contributed by atoms with van der Waals surface area (Å²) in [5.41, 5.74) is 1.32. The predicted octanol–water partition coefficient (Wildman–Crippen LogP) is 7.25. The molecule has 1 aromatic rings. The van der Waals surface area contributed by atoms with Crippen LogP contribution >= 0.6 is 0 Å². The van der Waals surface area contributed by atoms with Gasteiger partial charge in [0.15, 0.2) is 0 Å². The van der Waals surface area contributed by atoms with Crippen LogP contribution in [0.3, 0.4) is 0 Å². The van der Waals surface area contributed by atoms with Crippen LogP contribution in [0.4, 0.5) is 0 Å². The second-order valence-corrected chi connectivity index (χ2v) is 6.77. The first-order valence-corrected chi connectivity index (χ1v) is 9.98. The van der Waals surface area contributed by atoms with Gasteiger partial charge in [0, 0.05) is 6.61 Å². The van der Waals surface area contributed by atoms with Gasteiger partial charge in [-0.05, 0) is 25.3 Å². The van der Waals surface area contributed by atoms with Crippen LogP contribution in [0.5, 0.6) is 0 Å². The molecule has 0 radical (unpaired) electrons. The summed E-state index contributed by atoms with van der Waals surface area (Å²) >= 11 is 0. The van der Waals surface area contributed by atoms with Crippen LogP contribution in [0.15, 0.2) is 30.3 Å². The molecule has 0 saturated carbocycles. The van der Waals surface area contributed by atoms with Crippen LogP contribution in [0.2, 0.25) is 0 Å². The van der Waals surface area contributed by atoms with Gasteiger partial charge in [0.05, 0.1) is 5.60 Å². The Hall–Kier alpha value is -0.820. The van der Waals surface area contributed by atoms with Gasteiger partial charge in [-0.3, -0.25) is 0 Å². The van der Waals surface area contributed by atoms with E-state index in [-0.39, 0.29) is 5.60 Å². The minimum Gasteiger partial charge on any atom is -0.371 e. The first kappa shape index (κ1) is 20.2. The van der Waals surface area contributed by atoms with Crippen LogP contribution in [0.1, 0.15) is 97.0 Å². The third-order valence-electron chi connectivity index (χ3n) is 4.84. The van der Waals surface area contributed by atoms with Crippen molar-refractivity contribution in [3.8, 4) is 0 Å². The molecule has 0 heterocycles. The van der Waals surface area contributed by atoms with E-state index >= 15 is 0 Å². The molecule has 132 valence electrons. The molecule has 1 heteroatoms. The Balaban J connectivity index is 2.59. The zero-order valence-electron chi connectivity index (χ0n) is 15.8. The van der Waals surface area contributed by atoms with Crippen LogP contribution in [0, 0.1) is 0 Å².